The first-order chi connectivity index (χ1) is 16.7. The highest BCUT2D eigenvalue weighted by molar-refractivity contribution is 6.12. The van der Waals surface area contributed by atoms with E-state index in [1.54, 1.807) is 64.1 Å². The van der Waals surface area contributed by atoms with Crippen molar-refractivity contribution in [2.45, 2.75) is 48.0 Å². The highest BCUT2D eigenvalue weighted by atomic mass is 16.5. The molecule has 192 valence electrons. The third-order valence-corrected chi connectivity index (χ3v) is 6.39. The normalized spacial score (nSPS) is 16.4. The standard InChI is InChI=1S/C15H19NO4.C13H15NO2/c1-10(17)9-15(2,3)14(19)16-12-8-6-5-7-11(12)13(18)20-4;1-8-11(15)9-6-4-5-7-10(9)14-12(16)13(8,2)3/h5-8H,9H2,1-4H3,(H,16,19);4-8H,1-3H3,(H,14,16). The van der Waals surface area contributed by atoms with E-state index in [2.05, 4.69) is 15.4 Å². The van der Waals surface area contributed by atoms with E-state index in [0.717, 1.165) is 0 Å². The molecule has 2 amide bonds. The van der Waals surface area contributed by atoms with Gasteiger partial charge in [0.1, 0.15) is 5.78 Å². The Morgan fingerprint density at radius 2 is 1.61 bits per heavy atom. The van der Waals surface area contributed by atoms with Crippen LogP contribution in [0.1, 0.15) is 68.7 Å². The van der Waals surface area contributed by atoms with Crippen LogP contribution in [0.3, 0.4) is 0 Å². The average molecular weight is 495 g/mol. The smallest absolute Gasteiger partial charge is 0.339 e. The molecule has 2 aromatic rings. The highest BCUT2D eigenvalue weighted by Crippen LogP contribution is 2.36. The number of para-hydroxylation sites is 2. The molecule has 1 aliphatic heterocycles. The number of methoxy groups -OCH3 is 1. The van der Waals surface area contributed by atoms with Gasteiger partial charge in [0.2, 0.25) is 11.8 Å². The predicted octanol–water partition coefficient (Wildman–Crippen LogP) is 4.90. The minimum atomic E-state index is -0.838. The Labute approximate surface area is 211 Å². The van der Waals surface area contributed by atoms with Gasteiger partial charge >= 0.3 is 5.97 Å². The maximum atomic E-state index is 12.2. The molecule has 8 nitrogen and oxygen atoms in total. The topological polar surface area (TPSA) is 119 Å². The van der Waals surface area contributed by atoms with Gasteiger partial charge in [-0.05, 0) is 31.2 Å². The molecule has 0 radical (unpaired) electrons. The van der Waals surface area contributed by atoms with Gasteiger partial charge in [-0.15, -0.1) is 0 Å². The van der Waals surface area contributed by atoms with Gasteiger partial charge in [-0.2, -0.15) is 0 Å². The van der Waals surface area contributed by atoms with E-state index in [0.29, 0.717) is 16.9 Å². The van der Waals surface area contributed by atoms with Crippen LogP contribution in [0.25, 0.3) is 0 Å². The molecule has 1 unspecified atom stereocenters. The van der Waals surface area contributed by atoms with Crippen molar-refractivity contribution in [3.63, 3.8) is 0 Å². The Hall–Kier alpha value is -3.81. The molecule has 0 aliphatic carbocycles. The SMILES string of the molecule is CC1C(=O)c2ccccc2NC(=O)C1(C)C.COC(=O)c1ccccc1NC(=O)C(C)(C)CC(C)=O. The molecule has 8 heteroatoms. The second-order valence-corrected chi connectivity index (χ2v) is 10.1. The summed E-state index contributed by atoms with van der Waals surface area (Å²) in [5.41, 5.74) is 0.373. The fourth-order valence-electron chi connectivity index (χ4n) is 3.72. The molecule has 36 heavy (non-hydrogen) atoms. The molecule has 2 aromatic carbocycles. The number of carbonyl (C=O) groups excluding carboxylic acids is 5. The zero-order valence-corrected chi connectivity index (χ0v) is 21.9. The van der Waals surface area contributed by atoms with E-state index in [4.69, 9.17) is 0 Å². The van der Waals surface area contributed by atoms with Crippen molar-refractivity contribution in [2.24, 2.45) is 16.7 Å². The Balaban J connectivity index is 0.000000259. The largest absolute Gasteiger partial charge is 0.465 e. The van der Waals surface area contributed by atoms with Crippen molar-refractivity contribution in [1.29, 1.82) is 0 Å². The molecule has 1 aliphatic rings. The second-order valence-electron chi connectivity index (χ2n) is 10.1. The predicted molar refractivity (Wildman–Crippen MR) is 138 cm³/mol. The summed E-state index contributed by atoms with van der Waals surface area (Å²) in [4.78, 5) is 59.2. The number of hydrogen-bond acceptors (Lipinski definition) is 6. The number of hydrogen-bond donors (Lipinski definition) is 2. The maximum Gasteiger partial charge on any atom is 0.339 e. The number of esters is 1. The fourth-order valence-corrected chi connectivity index (χ4v) is 3.72. The molecule has 3 rings (SSSR count). The number of benzene rings is 2. The number of rotatable bonds is 5. The third kappa shape index (κ3) is 6.44. The molecule has 0 saturated carbocycles. The molecule has 0 aromatic heterocycles. The Bertz CT molecular complexity index is 1180. The van der Waals surface area contributed by atoms with Gasteiger partial charge in [0.05, 0.1) is 34.9 Å². The molecule has 0 fully saturated rings. The zero-order chi connectivity index (χ0) is 27.3. The first-order valence-electron chi connectivity index (χ1n) is 11.6. The average Bonchev–Trinajstić information content (AvgIpc) is 2.88. The van der Waals surface area contributed by atoms with E-state index in [9.17, 15) is 24.0 Å². The van der Waals surface area contributed by atoms with E-state index in [-0.39, 0.29) is 41.3 Å². The minimum Gasteiger partial charge on any atom is -0.465 e. The second kappa shape index (κ2) is 11.3. The molecule has 0 spiro atoms. The van der Waals surface area contributed by atoms with Gasteiger partial charge < -0.3 is 15.4 Å². The van der Waals surface area contributed by atoms with E-state index < -0.39 is 16.8 Å². The van der Waals surface area contributed by atoms with Crippen LogP contribution >= 0.6 is 0 Å². The number of ether oxygens (including phenoxy) is 1. The molecular formula is C28H34N2O6. The minimum absolute atomic E-state index is 0.0268. The van der Waals surface area contributed by atoms with Crippen LogP contribution in [0.4, 0.5) is 11.4 Å². The first kappa shape index (κ1) is 28.4. The lowest BCUT2D eigenvalue weighted by Crippen LogP contribution is -2.37. The van der Waals surface area contributed by atoms with E-state index >= 15 is 0 Å². The monoisotopic (exact) mass is 494 g/mol. The summed E-state index contributed by atoms with van der Waals surface area (Å²) in [6, 6.07) is 13.7. The van der Waals surface area contributed by atoms with E-state index in [1.807, 2.05) is 19.1 Å². The van der Waals surface area contributed by atoms with Gasteiger partial charge in [-0.1, -0.05) is 58.9 Å². The van der Waals surface area contributed by atoms with Crippen molar-refractivity contribution < 1.29 is 28.7 Å². The van der Waals surface area contributed by atoms with Crippen LogP contribution in [0.15, 0.2) is 48.5 Å². The number of Topliss-reactive ketones (excluding diaryl/α,β-unsaturated/α-hetero) is 2. The van der Waals surface area contributed by atoms with Crippen LogP contribution in [0.2, 0.25) is 0 Å². The Kier molecular flexibility index (Phi) is 8.91. The molecule has 1 atom stereocenters. The summed E-state index contributed by atoms with van der Waals surface area (Å²) in [6.45, 7) is 10.2. The summed E-state index contributed by atoms with van der Waals surface area (Å²) >= 11 is 0. The maximum absolute atomic E-state index is 12.2. The van der Waals surface area contributed by atoms with Crippen molar-refractivity contribution in [2.75, 3.05) is 17.7 Å². The van der Waals surface area contributed by atoms with Gasteiger partial charge in [0, 0.05) is 17.9 Å². The van der Waals surface area contributed by atoms with Crippen molar-refractivity contribution in [3.05, 3.63) is 59.7 Å². The van der Waals surface area contributed by atoms with Gasteiger partial charge in [-0.3, -0.25) is 19.2 Å². The van der Waals surface area contributed by atoms with Gasteiger partial charge in [0.15, 0.2) is 5.78 Å². The number of carbonyl (C=O) groups is 5. The lowest BCUT2D eigenvalue weighted by Gasteiger charge is -2.26. The quantitative estimate of drug-likeness (QED) is 0.571. The number of amides is 2. The van der Waals surface area contributed by atoms with Crippen LogP contribution in [-0.4, -0.2) is 36.5 Å². The van der Waals surface area contributed by atoms with Crippen LogP contribution in [0.5, 0.6) is 0 Å². The first-order valence-corrected chi connectivity index (χ1v) is 11.6. The number of nitrogens with one attached hydrogen (secondary N) is 2. The number of fused-ring (bicyclic) bond motifs is 1. The summed E-state index contributed by atoms with van der Waals surface area (Å²) in [5.74, 6) is -1.28. The number of anilines is 2. The third-order valence-electron chi connectivity index (χ3n) is 6.39. The van der Waals surface area contributed by atoms with Crippen LogP contribution < -0.4 is 10.6 Å². The summed E-state index contributed by atoms with van der Waals surface area (Å²) in [6.07, 6.45) is 0.138. The highest BCUT2D eigenvalue weighted by Gasteiger charge is 2.41. The molecule has 0 saturated heterocycles. The molecule has 0 bridgehead atoms. The molecule has 2 N–H and O–H groups in total. The molecule has 1 heterocycles. The van der Waals surface area contributed by atoms with Crippen molar-refractivity contribution in [1.82, 2.24) is 0 Å². The Morgan fingerprint density at radius 1 is 1.03 bits per heavy atom. The van der Waals surface area contributed by atoms with Crippen molar-refractivity contribution >= 4 is 40.7 Å². The summed E-state index contributed by atoms with van der Waals surface area (Å²) < 4.78 is 4.66. The number of ketones is 2. The lowest BCUT2D eigenvalue weighted by molar-refractivity contribution is -0.129. The van der Waals surface area contributed by atoms with Crippen LogP contribution in [0, 0.1) is 16.7 Å². The fraction of sp³-hybridized carbons (Fsp3) is 0.393. The van der Waals surface area contributed by atoms with Crippen LogP contribution in [-0.2, 0) is 19.1 Å². The van der Waals surface area contributed by atoms with E-state index in [1.165, 1.54) is 14.0 Å². The van der Waals surface area contributed by atoms with Crippen molar-refractivity contribution in [3.8, 4) is 0 Å². The summed E-state index contributed by atoms with van der Waals surface area (Å²) in [7, 11) is 1.28. The Morgan fingerprint density at radius 3 is 2.22 bits per heavy atom. The summed E-state index contributed by atoms with van der Waals surface area (Å²) in [5, 5.41) is 5.49. The molecular weight excluding hydrogens is 460 g/mol. The lowest BCUT2D eigenvalue weighted by atomic mass is 9.76. The van der Waals surface area contributed by atoms with Gasteiger partial charge in [0.25, 0.3) is 0 Å². The van der Waals surface area contributed by atoms with Gasteiger partial charge in [-0.25, -0.2) is 4.79 Å². The zero-order valence-electron chi connectivity index (χ0n) is 21.9.